The molecular formula is C44H56Cl2N6O3S4. The summed E-state index contributed by atoms with van der Waals surface area (Å²) in [5.74, 6) is 0. The molecule has 15 heteroatoms. The van der Waals surface area contributed by atoms with Crippen molar-refractivity contribution >= 4 is 101 Å². The van der Waals surface area contributed by atoms with E-state index >= 15 is 0 Å². The van der Waals surface area contributed by atoms with E-state index in [1.54, 1.807) is 85.4 Å². The molecule has 0 spiro atoms. The van der Waals surface area contributed by atoms with Gasteiger partial charge in [0.15, 0.2) is 9.84 Å². The van der Waals surface area contributed by atoms with Crippen molar-refractivity contribution < 1.29 is 12.6 Å². The van der Waals surface area contributed by atoms with E-state index in [2.05, 4.69) is 51.8 Å². The van der Waals surface area contributed by atoms with Crippen LogP contribution in [0, 0.1) is 0 Å². The Morgan fingerprint density at radius 2 is 0.763 bits per heavy atom. The van der Waals surface area contributed by atoms with Crippen LogP contribution in [0.2, 0.25) is 10.0 Å². The molecule has 0 radical (unpaired) electrons. The SMILES string of the molecule is CNc1ccc(Cl)cc1.CNc1ccc(S(C)(=O)=O)cc1.CNc1ccc(S(C)=O)cc1.CNc1ccc(SC)cc1.CSc1ccc(N)cc1.Nc1ccc(Cl)cc1. The summed E-state index contributed by atoms with van der Waals surface area (Å²) in [4.78, 5) is 3.77. The second kappa shape index (κ2) is 29.7. The van der Waals surface area contributed by atoms with Crippen molar-refractivity contribution in [2.24, 2.45) is 0 Å². The molecule has 0 aromatic heterocycles. The molecule has 0 saturated heterocycles. The van der Waals surface area contributed by atoms with Gasteiger partial charge in [0.25, 0.3) is 0 Å². The summed E-state index contributed by atoms with van der Waals surface area (Å²) >= 11 is 14.7. The number of nitrogen functional groups attached to an aromatic ring is 2. The summed E-state index contributed by atoms with van der Waals surface area (Å²) in [6, 6.07) is 45.0. The molecule has 0 aliphatic rings. The molecule has 318 valence electrons. The topological polar surface area (TPSA) is 151 Å². The Morgan fingerprint density at radius 1 is 0.492 bits per heavy atom. The van der Waals surface area contributed by atoms with Crippen molar-refractivity contribution in [2.45, 2.75) is 19.6 Å². The van der Waals surface area contributed by atoms with Crippen molar-refractivity contribution in [1.29, 1.82) is 0 Å². The minimum atomic E-state index is -3.06. The number of rotatable bonds is 8. The first-order valence-electron chi connectivity index (χ1n) is 17.8. The minimum absolute atomic E-state index is 0.349. The van der Waals surface area contributed by atoms with Gasteiger partial charge in [-0.25, -0.2) is 8.42 Å². The van der Waals surface area contributed by atoms with Crippen LogP contribution in [0.3, 0.4) is 0 Å². The Labute approximate surface area is 372 Å². The molecule has 0 bridgehead atoms. The number of nitrogens with one attached hydrogen (secondary N) is 4. The first-order valence-corrected chi connectivity index (χ1v) is 24.5. The lowest BCUT2D eigenvalue weighted by Gasteiger charge is -2.00. The molecule has 6 aromatic carbocycles. The molecule has 0 aliphatic carbocycles. The Balaban J connectivity index is 0.000000356. The van der Waals surface area contributed by atoms with Crippen molar-refractivity contribution in [3.05, 3.63) is 156 Å². The predicted octanol–water partition coefficient (Wildman–Crippen LogP) is 11.3. The highest BCUT2D eigenvalue weighted by molar-refractivity contribution is 7.98. The van der Waals surface area contributed by atoms with Gasteiger partial charge >= 0.3 is 0 Å². The predicted molar refractivity (Wildman–Crippen MR) is 265 cm³/mol. The molecule has 0 heterocycles. The van der Waals surface area contributed by atoms with Crippen LogP contribution in [-0.2, 0) is 20.6 Å². The van der Waals surface area contributed by atoms with E-state index in [0.717, 1.165) is 49.1 Å². The van der Waals surface area contributed by atoms with Crippen molar-refractivity contribution in [2.75, 3.05) is 85.9 Å². The lowest BCUT2D eigenvalue weighted by molar-refractivity contribution is 0.602. The van der Waals surface area contributed by atoms with Gasteiger partial charge in [-0.3, -0.25) is 4.21 Å². The van der Waals surface area contributed by atoms with Crippen molar-refractivity contribution in [3.8, 4) is 0 Å². The second-order valence-corrected chi connectivity index (χ2v) is 17.9. The van der Waals surface area contributed by atoms with Gasteiger partial charge in [-0.05, 0) is 158 Å². The van der Waals surface area contributed by atoms with Crippen LogP contribution in [-0.4, -0.2) is 65.8 Å². The zero-order chi connectivity index (χ0) is 44.2. The van der Waals surface area contributed by atoms with Gasteiger partial charge in [0.1, 0.15) is 0 Å². The van der Waals surface area contributed by atoms with Crippen LogP contribution in [0.25, 0.3) is 0 Å². The smallest absolute Gasteiger partial charge is 0.175 e. The molecule has 0 aliphatic heterocycles. The number of halogens is 2. The fourth-order valence-electron chi connectivity index (χ4n) is 4.12. The van der Waals surface area contributed by atoms with Gasteiger partial charge in [-0.15, -0.1) is 23.5 Å². The highest BCUT2D eigenvalue weighted by atomic mass is 35.5. The van der Waals surface area contributed by atoms with Crippen LogP contribution in [0.5, 0.6) is 0 Å². The maximum Gasteiger partial charge on any atom is 0.175 e. The highest BCUT2D eigenvalue weighted by Crippen LogP contribution is 2.18. The summed E-state index contributed by atoms with van der Waals surface area (Å²) in [5.41, 5.74) is 16.6. The lowest BCUT2D eigenvalue weighted by Crippen LogP contribution is -1.96. The lowest BCUT2D eigenvalue weighted by atomic mass is 10.3. The monoisotopic (exact) mass is 914 g/mol. The molecule has 6 rings (SSSR count). The number of sulfone groups is 1. The number of nitrogens with two attached hydrogens (primary N) is 2. The van der Waals surface area contributed by atoms with Crippen molar-refractivity contribution in [3.63, 3.8) is 0 Å². The molecule has 59 heavy (non-hydrogen) atoms. The average molecular weight is 916 g/mol. The molecule has 0 amide bonds. The molecule has 8 N–H and O–H groups in total. The van der Waals surface area contributed by atoms with Crippen LogP contribution in [0.1, 0.15) is 0 Å². The molecule has 0 saturated carbocycles. The quantitative estimate of drug-likeness (QED) is 0.0639. The van der Waals surface area contributed by atoms with Gasteiger partial charge < -0.3 is 32.7 Å². The van der Waals surface area contributed by atoms with E-state index in [0.29, 0.717) is 4.90 Å². The van der Waals surface area contributed by atoms with Gasteiger partial charge in [0.2, 0.25) is 0 Å². The minimum Gasteiger partial charge on any atom is -0.399 e. The summed E-state index contributed by atoms with van der Waals surface area (Å²) < 4.78 is 33.0. The first-order chi connectivity index (χ1) is 28.1. The van der Waals surface area contributed by atoms with Gasteiger partial charge in [-0.2, -0.15) is 0 Å². The van der Waals surface area contributed by atoms with Gasteiger partial charge in [0, 0.05) is 110 Å². The molecule has 9 nitrogen and oxygen atoms in total. The number of thioether (sulfide) groups is 2. The van der Waals surface area contributed by atoms with Crippen LogP contribution in [0.4, 0.5) is 34.1 Å². The van der Waals surface area contributed by atoms with E-state index in [4.69, 9.17) is 34.7 Å². The van der Waals surface area contributed by atoms with Crippen LogP contribution >= 0.6 is 46.7 Å². The fraction of sp³-hybridized carbons (Fsp3) is 0.182. The number of hydrogen-bond donors (Lipinski definition) is 6. The number of anilines is 6. The Morgan fingerprint density at radius 3 is 1.05 bits per heavy atom. The standard InChI is InChI=1S/C8H11NO2S.C8H11NOS.C8H11NS.C7H8ClN.C7H9NS.C6H6ClN/c1-9-7-3-5-8(6-4-7)12(2,10)11;1-9-7-3-5-8(6-4-7)11(2)10;1-9-7-3-5-8(10-2)6-4-7;2*1-9-7-4-2-6(8)3-5-7;7-5-1-3-6(8)4-2-5/h3-6,9H,1-2H3;3-6,9H,1-2H3;3-6,9H,1-2H3;2-5,9H,1H3;2-5H,8H2,1H3;1-4H,8H2. The second-order valence-electron chi connectivity index (χ2n) is 11.8. The van der Waals surface area contributed by atoms with Crippen molar-refractivity contribution in [1.82, 2.24) is 0 Å². The van der Waals surface area contributed by atoms with Crippen LogP contribution < -0.4 is 32.7 Å². The molecule has 1 unspecified atom stereocenters. The third kappa shape index (κ3) is 23.6. The average Bonchev–Trinajstić information content (AvgIpc) is 3.26. The Kier molecular flexibility index (Phi) is 26.4. The third-order valence-electron chi connectivity index (χ3n) is 7.54. The Bertz CT molecular complexity index is 2060. The van der Waals surface area contributed by atoms with Gasteiger partial charge in [0.05, 0.1) is 4.90 Å². The zero-order valence-corrected chi connectivity index (χ0v) is 39.4. The van der Waals surface area contributed by atoms with Gasteiger partial charge in [-0.1, -0.05) is 23.2 Å². The summed E-state index contributed by atoms with van der Waals surface area (Å²) in [6.45, 7) is 0. The molecule has 0 fully saturated rings. The van der Waals surface area contributed by atoms with E-state index in [-0.39, 0.29) is 0 Å². The van der Waals surface area contributed by atoms with E-state index < -0.39 is 20.6 Å². The molecule has 6 aromatic rings. The normalized spacial score (nSPS) is 10.3. The number of benzene rings is 6. The summed E-state index contributed by atoms with van der Waals surface area (Å²) in [7, 11) is 3.53. The first kappa shape index (κ1) is 52.5. The molecule has 1 atom stereocenters. The molecular weight excluding hydrogens is 860 g/mol. The van der Waals surface area contributed by atoms with E-state index in [1.165, 1.54) is 16.0 Å². The third-order valence-corrected chi connectivity index (χ3v) is 11.6. The highest BCUT2D eigenvalue weighted by Gasteiger charge is 2.05. The summed E-state index contributed by atoms with van der Waals surface area (Å²) in [6.07, 6.45) is 7.00. The maximum absolute atomic E-state index is 11.0. The van der Waals surface area contributed by atoms with Crippen LogP contribution in [0.15, 0.2) is 165 Å². The Hall–Kier alpha value is -4.50. The largest absolute Gasteiger partial charge is 0.399 e. The zero-order valence-electron chi connectivity index (χ0n) is 34.6. The summed E-state index contributed by atoms with van der Waals surface area (Å²) in [5, 5.41) is 13.5. The number of hydrogen-bond acceptors (Lipinski definition) is 11. The van der Waals surface area contributed by atoms with E-state index in [1.807, 2.05) is 100 Å². The fourth-order valence-corrected chi connectivity index (χ4v) is 6.34. The van der Waals surface area contributed by atoms with E-state index in [9.17, 15) is 12.6 Å². The maximum atomic E-state index is 11.0.